The highest BCUT2D eigenvalue weighted by molar-refractivity contribution is 6.31. The van der Waals surface area contributed by atoms with E-state index in [4.69, 9.17) is 16.3 Å². The van der Waals surface area contributed by atoms with Gasteiger partial charge in [-0.25, -0.2) is 0 Å². The van der Waals surface area contributed by atoms with E-state index >= 15 is 0 Å². The molecule has 144 valence electrons. The third-order valence-electron chi connectivity index (χ3n) is 4.38. The van der Waals surface area contributed by atoms with E-state index in [1.807, 2.05) is 0 Å². The first-order valence-corrected chi connectivity index (χ1v) is 9.42. The SMILES string of the molecule is Cn1ccc(C(=O)N2CCCCNC(=O)c3cc(Cl)ccc3OCCC2)n1. The Morgan fingerprint density at radius 3 is 2.81 bits per heavy atom. The number of aromatic nitrogens is 2. The van der Waals surface area contributed by atoms with Gasteiger partial charge >= 0.3 is 0 Å². The van der Waals surface area contributed by atoms with Crippen molar-refractivity contribution in [2.24, 2.45) is 7.05 Å². The summed E-state index contributed by atoms with van der Waals surface area (Å²) in [5.74, 6) is 0.216. The zero-order chi connectivity index (χ0) is 19.2. The standard InChI is InChI=1S/C19H23ClN4O3/c1-23-11-7-16(22-23)19(26)24-9-3-2-8-21-18(25)15-13-14(20)5-6-17(15)27-12-4-10-24/h5-7,11,13H,2-4,8-10,12H2,1H3,(H,21,25). The van der Waals surface area contributed by atoms with E-state index < -0.39 is 0 Å². The van der Waals surface area contributed by atoms with Gasteiger partial charge in [-0.05, 0) is 43.5 Å². The van der Waals surface area contributed by atoms with Crippen molar-refractivity contribution in [2.45, 2.75) is 19.3 Å². The van der Waals surface area contributed by atoms with Gasteiger partial charge in [-0.3, -0.25) is 14.3 Å². The van der Waals surface area contributed by atoms with Gasteiger partial charge in [0.15, 0.2) is 0 Å². The molecule has 27 heavy (non-hydrogen) atoms. The molecule has 0 bridgehead atoms. The number of nitrogens with one attached hydrogen (secondary N) is 1. The average molecular weight is 391 g/mol. The molecule has 1 aliphatic heterocycles. The molecule has 0 spiro atoms. The number of carbonyl (C=O) groups is 2. The molecule has 0 aliphatic carbocycles. The number of rotatable bonds is 1. The van der Waals surface area contributed by atoms with Crippen LogP contribution < -0.4 is 10.1 Å². The monoisotopic (exact) mass is 390 g/mol. The van der Waals surface area contributed by atoms with Crippen molar-refractivity contribution >= 4 is 23.4 Å². The molecule has 2 amide bonds. The predicted octanol–water partition coefficient (Wildman–Crippen LogP) is 2.51. The summed E-state index contributed by atoms with van der Waals surface area (Å²) in [5.41, 5.74) is 0.874. The van der Waals surface area contributed by atoms with Crippen LogP contribution in [0.4, 0.5) is 0 Å². The van der Waals surface area contributed by atoms with Crippen LogP contribution in [-0.4, -0.2) is 52.7 Å². The third kappa shape index (κ3) is 5.01. The summed E-state index contributed by atoms with van der Waals surface area (Å²) in [7, 11) is 1.79. The Bertz CT molecular complexity index is 821. The fourth-order valence-corrected chi connectivity index (χ4v) is 3.15. The highest BCUT2D eigenvalue weighted by Gasteiger charge is 2.19. The summed E-state index contributed by atoms with van der Waals surface area (Å²) in [6.45, 7) is 2.11. The summed E-state index contributed by atoms with van der Waals surface area (Å²) >= 11 is 6.02. The first-order chi connectivity index (χ1) is 13.0. The van der Waals surface area contributed by atoms with Crippen LogP contribution in [0.15, 0.2) is 30.5 Å². The molecular formula is C19H23ClN4O3. The Hall–Kier alpha value is -2.54. The summed E-state index contributed by atoms with van der Waals surface area (Å²) < 4.78 is 7.41. The van der Waals surface area contributed by atoms with Gasteiger partial charge in [0.25, 0.3) is 11.8 Å². The zero-order valence-electron chi connectivity index (χ0n) is 15.3. The highest BCUT2D eigenvalue weighted by atomic mass is 35.5. The normalized spacial score (nSPS) is 16.2. The van der Waals surface area contributed by atoms with Gasteiger partial charge in [-0.15, -0.1) is 0 Å². The van der Waals surface area contributed by atoms with E-state index in [9.17, 15) is 9.59 Å². The van der Waals surface area contributed by atoms with E-state index in [1.54, 1.807) is 47.1 Å². The number of hydrogen-bond donors (Lipinski definition) is 1. The number of nitrogens with zero attached hydrogens (tertiary/aromatic N) is 3. The maximum Gasteiger partial charge on any atom is 0.274 e. The van der Waals surface area contributed by atoms with E-state index in [-0.39, 0.29) is 11.8 Å². The second kappa shape index (κ2) is 8.90. The topological polar surface area (TPSA) is 76.5 Å². The Morgan fingerprint density at radius 1 is 1.22 bits per heavy atom. The van der Waals surface area contributed by atoms with Crippen LogP contribution >= 0.6 is 11.6 Å². The molecule has 1 N–H and O–H groups in total. The molecule has 1 aliphatic rings. The van der Waals surface area contributed by atoms with E-state index in [0.717, 1.165) is 12.8 Å². The lowest BCUT2D eigenvalue weighted by Gasteiger charge is -2.21. The summed E-state index contributed by atoms with van der Waals surface area (Å²) in [4.78, 5) is 26.9. The average Bonchev–Trinajstić information content (AvgIpc) is 3.09. The molecule has 0 radical (unpaired) electrons. The second-order valence-corrected chi connectivity index (χ2v) is 6.91. The molecule has 0 unspecified atom stereocenters. The quantitative estimate of drug-likeness (QED) is 0.811. The lowest BCUT2D eigenvalue weighted by atomic mass is 10.2. The Balaban J connectivity index is 1.71. The molecule has 0 saturated heterocycles. The number of fused-ring (bicyclic) bond motifs is 1. The summed E-state index contributed by atoms with van der Waals surface area (Å²) in [6.07, 6.45) is 3.98. The minimum absolute atomic E-state index is 0.0818. The van der Waals surface area contributed by atoms with Gasteiger partial charge in [-0.2, -0.15) is 5.10 Å². The van der Waals surface area contributed by atoms with Gasteiger partial charge in [0, 0.05) is 37.9 Å². The third-order valence-corrected chi connectivity index (χ3v) is 4.61. The molecule has 2 heterocycles. The zero-order valence-corrected chi connectivity index (χ0v) is 16.0. The molecular weight excluding hydrogens is 368 g/mol. The smallest absolute Gasteiger partial charge is 0.274 e. The number of benzene rings is 1. The van der Waals surface area contributed by atoms with Crippen molar-refractivity contribution in [3.8, 4) is 5.75 Å². The lowest BCUT2D eigenvalue weighted by Crippen LogP contribution is -2.34. The predicted molar refractivity (Wildman–Crippen MR) is 102 cm³/mol. The molecule has 8 heteroatoms. The molecule has 0 saturated carbocycles. The maximum absolute atomic E-state index is 12.7. The Morgan fingerprint density at radius 2 is 2.04 bits per heavy atom. The molecule has 0 fully saturated rings. The largest absolute Gasteiger partial charge is 0.493 e. The van der Waals surface area contributed by atoms with Crippen molar-refractivity contribution in [3.63, 3.8) is 0 Å². The van der Waals surface area contributed by atoms with Crippen LogP contribution in [0.3, 0.4) is 0 Å². The van der Waals surface area contributed by atoms with Crippen molar-refractivity contribution in [1.82, 2.24) is 20.0 Å². The van der Waals surface area contributed by atoms with Crippen LogP contribution in [-0.2, 0) is 7.05 Å². The Labute approximate surface area is 163 Å². The summed E-state index contributed by atoms with van der Waals surface area (Å²) in [6, 6.07) is 6.74. The fourth-order valence-electron chi connectivity index (χ4n) is 2.97. The molecule has 0 atom stereocenters. The van der Waals surface area contributed by atoms with Crippen molar-refractivity contribution in [3.05, 3.63) is 46.7 Å². The molecule has 1 aromatic heterocycles. The van der Waals surface area contributed by atoms with Gasteiger partial charge in [0.05, 0.1) is 12.2 Å². The van der Waals surface area contributed by atoms with Crippen molar-refractivity contribution < 1.29 is 14.3 Å². The highest BCUT2D eigenvalue weighted by Crippen LogP contribution is 2.23. The van der Waals surface area contributed by atoms with E-state index in [2.05, 4.69) is 10.4 Å². The van der Waals surface area contributed by atoms with Gasteiger partial charge in [0.2, 0.25) is 0 Å². The maximum atomic E-state index is 12.7. The van der Waals surface area contributed by atoms with Crippen LogP contribution in [0, 0.1) is 0 Å². The molecule has 1 aromatic carbocycles. The van der Waals surface area contributed by atoms with Gasteiger partial charge in [-0.1, -0.05) is 11.6 Å². The van der Waals surface area contributed by atoms with Crippen molar-refractivity contribution in [2.75, 3.05) is 26.2 Å². The van der Waals surface area contributed by atoms with Crippen molar-refractivity contribution in [1.29, 1.82) is 0 Å². The number of ether oxygens (including phenoxy) is 1. The Kier molecular flexibility index (Phi) is 6.34. The van der Waals surface area contributed by atoms with E-state index in [1.165, 1.54) is 0 Å². The first kappa shape index (κ1) is 19.2. The number of hydrogen-bond acceptors (Lipinski definition) is 4. The minimum Gasteiger partial charge on any atom is -0.493 e. The van der Waals surface area contributed by atoms with E-state index in [0.29, 0.717) is 54.7 Å². The lowest BCUT2D eigenvalue weighted by molar-refractivity contribution is 0.0736. The van der Waals surface area contributed by atoms with Crippen LogP contribution in [0.2, 0.25) is 5.02 Å². The van der Waals surface area contributed by atoms with Crippen LogP contribution in [0.5, 0.6) is 5.75 Å². The summed E-state index contributed by atoms with van der Waals surface area (Å²) in [5, 5.41) is 7.58. The number of aryl methyl sites for hydroxylation is 1. The number of halogens is 1. The first-order valence-electron chi connectivity index (χ1n) is 9.04. The molecule has 3 rings (SSSR count). The number of amides is 2. The minimum atomic E-state index is -0.201. The number of carbonyl (C=O) groups excluding carboxylic acids is 2. The fraction of sp³-hybridized carbons (Fsp3) is 0.421. The van der Waals surface area contributed by atoms with Gasteiger partial charge < -0.3 is 15.0 Å². The van der Waals surface area contributed by atoms with Crippen LogP contribution in [0.25, 0.3) is 0 Å². The second-order valence-electron chi connectivity index (χ2n) is 6.47. The molecule has 7 nitrogen and oxygen atoms in total. The van der Waals surface area contributed by atoms with Gasteiger partial charge in [0.1, 0.15) is 11.4 Å². The molecule has 2 aromatic rings. The van der Waals surface area contributed by atoms with Crippen LogP contribution in [0.1, 0.15) is 40.1 Å².